The number of halogens is 4. The van der Waals surface area contributed by atoms with Gasteiger partial charge in [0.1, 0.15) is 6.10 Å². The Morgan fingerprint density at radius 1 is 1.28 bits per heavy atom. The number of alkyl halides is 3. The number of hydrogen-bond acceptors (Lipinski definition) is 3. The maximum Gasteiger partial charge on any atom is 0.416 e. The smallest absolute Gasteiger partial charge is 0.370 e. The second kappa shape index (κ2) is 12.6. The van der Waals surface area contributed by atoms with Gasteiger partial charge in [-0.15, -0.1) is 24.0 Å². The van der Waals surface area contributed by atoms with E-state index >= 15 is 0 Å². The van der Waals surface area contributed by atoms with E-state index in [4.69, 9.17) is 4.74 Å². The molecule has 1 aromatic rings. The summed E-state index contributed by atoms with van der Waals surface area (Å²) >= 11 is 0. The number of hydrogen-bond donors (Lipinski definition) is 2. The highest BCUT2D eigenvalue weighted by Crippen LogP contribution is 2.32. The van der Waals surface area contributed by atoms with E-state index in [-0.39, 0.29) is 35.9 Å². The summed E-state index contributed by atoms with van der Waals surface area (Å²) in [5, 5.41) is 6.27. The Hall–Kier alpha value is -1.56. The molecular weight excluding hydrogens is 536 g/mol. The highest BCUT2D eigenvalue weighted by molar-refractivity contribution is 14.0. The van der Waals surface area contributed by atoms with Crippen molar-refractivity contribution >= 4 is 35.8 Å². The van der Waals surface area contributed by atoms with Gasteiger partial charge in [0, 0.05) is 25.6 Å². The number of guanidine groups is 1. The van der Waals surface area contributed by atoms with Gasteiger partial charge in [0.25, 0.3) is 0 Å². The number of rotatable bonds is 6. The third-order valence-electron chi connectivity index (χ3n) is 5.61. The molecule has 2 aliphatic rings. The molecule has 1 aliphatic carbocycles. The van der Waals surface area contributed by atoms with Gasteiger partial charge in [-0.2, -0.15) is 13.2 Å². The van der Waals surface area contributed by atoms with Crippen molar-refractivity contribution in [3.63, 3.8) is 0 Å². The summed E-state index contributed by atoms with van der Waals surface area (Å²) in [5.41, 5.74) is -0.189. The molecule has 1 unspecified atom stereocenters. The van der Waals surface area contributed by atoms with Gasteiger partial charge >= 0.3 is 6.18 Å². The maximum atomic E-state index is 13.1. The second-order valence-electron chi connectivity index (χ2n) is 7.96. The molecule has 1 heterocycles. The molecule has 6 nitrogen and oxygen atoms in total. The lowest BCUT2D eigenvalue weighted by Gasteiger charge is -2.35. The molecule has 2 fully saturated rings. The van der Waals surface area contributed by atoms with Gasteiger partial charge in [-0.1, -0.05) is 25.0 Å². The largest absolute Gasteiger partial charge is 0.416 e. The molecule has 3 rings (SSSR count). The number of carbonyl (C=O) groups excluding carboxylic acids is 1. The van der Waals surface area contributed by atoms with E-state index in [0.717, 1.165) is 37.8 Å². The van der Waals surface area contributed by atoms with Gasteiger partial charge in [-0.25, -0.2) is 0 Å². The number of benzene rings is 1. The molecule has 0 bridgehead atoms. The molecule has 1 amide bonds. The van der Waals surface area contributed by atoms with Crippen molar-refractivity contribution in [2.45, 2.75) is 57.3 Å². The van der Waals surface area contributed by atoms with Gasteiger partial charge in [-0.05, 0) is 37.5 Å². The first-order valence-corrected chi connectivity index (χ1v) is 11.0. The lowest BCUT2D eigenvalue weighted by Crippen LogP contribution is -2.48. The lowest BCUT2D eigenvalue weighted by molar-refractivity contribution is -0.137. The zero-order valence-corrected chi connectivity index (χ0v) is 20.6. The standard InChI is InChI=1S/C22H31F3N4O2.HI/c1-2-26-21(27-11-10-20(30)28-18-8-3-4-9-18)29-12-13-31-19(15-29)16-6-5-7-17(14-16)22(23,24)25;/h5-7,14,18-19H,2-4,8-13,15H2,1H3,(H,26,27)(H,28,30);1H. The summed E-state index contributed by atoms with van der Waals surface area (Å²) in [5.74, 6) is 0.659. The Bertz CT molecular complexity index is 770. The van der Waals surface area contributed by atoms with Crippen LogP contribution >= 0.6 is 24.0 Å². The fourth-order valence-corrected chi connectivity index (χ4v) is 4.02. The van der Waals surface area contributed by atoms with Crippen LogP contribution in [0.5, 0.6) is 0 Å². The van der Waals surface area contributed by atoms with Crippen molar-refractivity contribution in [2.75, 3.05) is 32.8 Å². The first kappa shape index (κ1) is 26.7. The monoisotopic (exact) mass is 568 g/mol. The van der Waals surface area contributed by atoms with Gasteiger partial charge < -0.3 is 20.3 Å². The Kier molecular flexibility index (Phi) is 10.5. The summed E-state index contributed by atoms with van der Waals surface area (Å²) in [4.78, 5) is 18.7. The van der Waals surface area contributed by atoms with E-state index in [2.05, 4.69) is 15.6 Å². The molecule has 0 spiro atoms. The second-order valence-corrected chi connectivity index (χ2v) is 7.96. The van der Waals surface area contributed by atoms with Gasteiger partial charge in [0.15, 0.2) is 5.96 Å². The number of ether oxygens (including phenoxy) is 1. The molecule has 2 N–H and O–H groups in total. The maximum absolute atomic E-state index is 13.1. The summed E-state index contributed by atoms with van der Waals surface area (Å²) in [6, 6.07) is 5.55. The Balaban J connectivity index is 0.00000363. The quantitative estimate of drug-likeness (QED) is 0.308. The summed E-state index contributed by atoms with van der Waals surface area (Å²) in [7, 11) is 0. The van der Waals surface area contributed by atoms with Crippen molar-refractivity contribution in [3.8, 4) is 0 Å². The predicted octanol–water partition coefficient (Wildman–Crippen LogP) is 4.11. The van der Waals surface area contributed by atoms with E-state index in [1.54, 1.807) is 6.07 Å². The van der Waals surface area contributed by atoms with Crippen molar-refractivity contribution in [1.82, 2.24) is 15.5 Å². The minimum Gasteiger partial charge on any atom is -0.370 e. The number of nitrogens with zero attached hydrogens (tertiary/aromatic N) is 2. The third-order valence-corrected chi connectivity index (χ3v) is 5.61. The van der Waals surface area contributed by atoms with Crippen molar-refractivity contribution in [3.05, 3.63) is 35.4 Å². The van der Waals surface area contributed by atoms with Crippen LogP contribution < -0.4 is 10.6 Å². The SMILES string of the molecule is CCNC(=NCCC(=O)NC1CCCC1)N1CCOC(c2cccc(C(F)(F)F)c2)C1.I. The molecule has 1 aromatic carbocycles. The van der Waals surface area contributed by atoms with Crippen LogP contribution in [0.1, 0.15) is 56.3 Å². The Morgan fingerprint density at radius 2 is 2.03 bits per heavy atom. The average molecular weight is 568 g/mol. The summed E-state index contributed by atoms with van der Waals surface area (Å²) in [6.07, 6.45) is -0.141. The van der Waals surface area contributed by atoms with Gasteiger partial charge in [0.2, 0.25) is 5.91 Å². The molecule has 10 heteroatoms. The minimum atomic E-state index is -4.39. The zero-order chi connectivity index (χ0) is 22.3. The van der Waals surface area contributed by atoms with Crippen LogP contribution in [-0.2, 0) is 15.7 Å². The average Bonchev–Trinajstić information content (AvgIpc) is 3.26. The number of morpholine rings is 1. The first-order valence-electron chi connectivity index (χ1n) is 11.0. The Morgan fingerprint density at radius 3 is 2.72 bits per heavy atom. The van der Waals surface area contributed by atoms with E-state index in [1.807, 2.05) is 11.8 Å². The number of nitrogens with one attached hydrogen (secondary N) is 2. The fourth-order valence-electron chi connectivity index (χ4n) is 4.02. The van der Waals surface area contributed by atoms with Crippen LogP contribution in [0.15, 0.2) is 29.3 Å². The predicted molar refractivity (Wildman–Crippen MR) is 128 cm³/mol. The van der Waals surface area contributed by atoms with Gasteiger partial charge in [0.05, 0.1) is 25.3 Å². The van der Waals surface area contributed by atoms with E-state index in [9.17, 15) is 18.0 Å². The first-order chi connectivity index (χ1) is 14.9. The molecule has 1 atom stereocenters. The minimum absolute atomic E-state index is 0. The molecule has 1 saturated carbocycles. The van der Waals surface area contributed by atoms with Crippen LogP contribution in [0, 0.1) is 0 Å². The molecule has 1 aliphatic heterocycles. The molecule has 0 aromatic heterocycles. The van der Waals surface area contributed by atoms with Crippen LogP contribution in [0.3, 0.4) is 0 Å². The summed E-state index contributed by atoms with van der Waals surface area (Å²) < 4.78 is 44.9. The molecule has 0 radical (unpaired) electrons. The highest BCUT2D eigenvalue weighted by atomic mass is 127. The zero-order valence-electron chi connectivity index (χ0n) is 18.3. The van der Waals surface area contributed by atoms with Crippen molar-refractivity contribution < 1.29 is 22.7 Å². The number of carbonyl (C=O) groups is 1. The highest BCUT2D eigenvalue weighted by Gasteiger charge is 2.32. The number of aliphatic imine (C=N–C) groups is 1. The van der Waals surface area contributed by atoms with Crippen molar-refractivity contribution in [1.29, 1.82) is 0 Å². The molecule has 180 valence electrons. The van der Waals surface area contributed by atoms with E-state index in [1.165, 1.54) is 6.07 Å². The third kappa shape index (κ3) is 7.79. The van der Waals surface area contributed by atoms with Crippen molar-refractivity contribution in [2.24, 2.45) is 4.99 Å². The fraction of sp³-hybridized carbons (Fsp3) is 0.636. The van der Waals surface area contributed by atoms with E-state index in [0.29, 0.717) is 50.7 Å². The topological polar surface area (TPSA) is 66.0 Å². The van der Waals surface area contributed by atoms with Crippen LogP contribution in [0.2, 0.25) is 0 Å². The molecule has 1 saturated heterocycles. The van der Waals surface area contributed by atoms with Crippen LogP contribution in [-0.4, -0.2) is 55.6 Å². The van der Waals surface area contributed by atoms with Crippen LogP contribution in [0.25, 0.3) is 0 Å². The molecule has 32 heavy (non-hydrogen) atoms. The normalized spacial score (nSPS) is 20.1. The van der Waals surface area contributed by atoms with Gasteiger partial charge in [-0.3, -0.25) is 9.79 Å². The van der Waals surface area contributed by atoms with Crippen LogP contribution in [0.4, 0.5) is 13.2 Å². The summed E-state index contributed by atoms with van der Waals surface area (Å²) in [6.45, 7) is 4.31. The van der Waals surface area contributed by atoms with E-state index < -0.39 is 17.8 Å². The number of amides is 1. The Labute approximate surface area is 204 Å². The molecular formula is C22H32F3IN4O2. The lowest BCUT2D eigenvalue weighted by atomic mass is 10.0.